The van der Waals surface area contributed by atoms with Crippen molar-refractivity contribution in [2.45, 2.75) is 34.1 Å². The fourth-order valence-corrected chi connectivity index (χ4v) is 3.38. The first-order valence-corrected chi connectivity index (χ1v) is 8.62. The fourth-order valence-electron chi connectivity index (χ4n) is 3.38. The van der Waals surface area contributed by atoms with Gasteiger partial charge in [0.25, 0.3) is 0 Å². The highest BCUT2D eigenvalue weighted by Gasteiger charge is 2.36. The first-order valence-electron chi connectivity index (χ1n) is 8.62. The zero-order valence-electron chi connectivity index (χ0n) is 15.2. The molecule has 2 aromatic carbocycles. The molecule has 1 N–H and O–H groups in total. The van der Waals surface area contributed by atoms with Crippen molar-refractivity contribution in [3.05, 3.63) is 58.7 Å². The Morgan fingerprint density at radius 3 is 2.28 bits per heavy atom. The Bertz CT molecular complexity index is 822. The number of amides is 2. The van der Waals surface area contributed by atoms with E-state index in [4.69, 9.17) is 0 Å². The molecular formula is C21H24N2O2. The number of nitrogens with one attached hydrogen (secondary N) is 1. The number of nitrogens with zero attached hydrogens (tertiary/aromatic N) is 1. The van der Waals surface area contributed by atoms with E-state index in [-0.39, 0.29) is 24.2 Å². The van der Waals surface area contributed by atoms with Crippen LogP contribution in [0, 0.1) is 33.6 Å². The van der Waals surface area contributed by atoms with E-state index >= 15 is 0 Å². The second-order valence-corrected chi connectivity index (χ2v) is 6.88. The predicted molar refractivity (Wildman–Crippen MR) is 101 cm³/mol. The Balaban J connectivity index is 1.78. The summed E-state index contributed by atoms with van der Waals surface area (Å²) < 4.78 is 0. The summed E-state index contributed by atoms with van der Waals surface area (Å²) in [4.78, 5) is 26.9. The molecule has 3 rings (SSSR count). The highest BCUT2D eigenvalue weighted by Crippen LogP contribution is 2.30. The molecular weight excluding hydrogens is 312 g/mol. The number of benzene rings is 2. The first kappa shape index (κ1) is 17.2. The third-order valence-corrected chi connectivity index (χ3v) is 5.09. The molecule has 4 nitrogen and oxygen atoms in total. The van der Waals surface area contributed by atoms with Crippen LogP contribution in [0.15, 0.2) is 36.4 Å². The predicted octanol–water partition coefficient (Wildman–Crippen LogP) is 3.91. The van der Waals surface area contributed by atoms with E-state index in [9.17, 15) is 9.59 Å². The van der Waals surface area contributed by atoms with Gasteiger partial charge in [-0.25, -0.2) is 0 Å². The Kier molecular flexibility index (Phi) is 4.62. The Morgan fingerprint density at radius 2 is 1.60 bits per heavy atom. The zero-order chi connectivity index (χ0) is 18.1. The van der Waals surface area contributed by atoms with Crippen molar-refractivity contribution in [1.29, 1.82) is 0 Å². The minimum atomic E-state index is -0.327. The molecule has 0 aliphatic carbocycles. The Labute approximate surface area is 148 Å². The lowest BCUT2D eigenvalue weighted by Gasteiger charge is -2.20. The van der Waals surface area contributed by atoms with Gasteiger partial charge in [-0.2, -0.15) is 0 Å². The van der Waals surface area contributed by atoms with Crippen LogP contribution in [0.25, 0.3) is 0 Å². The number of aryl methyl sites for hydroxylation is 3. The molecule has 1 aliphatic heterocycles. The summed E-state index contributed by atoms with van der Waals surface area (Å²) >= 11 is 0. The average molecular weight is 336 g/mol. The average Bonchev–Trinajstić information content (AvgIpc) is 2.95. The van der Waals surface area contributed by atoms with E-state index in [1.807, 2.05) is 64.1 Å². The quantitative estimate of drug-likeness (QED) is 0.924. The van der Waals surface area contributed by atoms with Crippen LogP contribution < -0.4 is 10.2 Å². The van der Waals surface area contributed by atoms with Crippen LogP contribution >= 0.6 is 0 Å². The van der Waals surface area contributed by atoms with Gasteiger partial charge in [0.15, 0.2) is 0 Å². The number of carbonyl (C=O) groups excluding carboxylic acids is 2. The van der Waals surface area contributed by atoms with E-state index in [1.54, 1.807) is 4.90 Å². The molecule has 1 saturated heterocycles. The van der Waals surface area contributed by atoms with Crippen LogP contribution in [-0.4, -0.2) is 18.4 Å². The standard InChI is InChI=1S/C21H24N2O2/c1-13-7-6-10-18(16(13)4)23-12-17(11-19(23)24)21(25)22-20-14(2)8-5-9-15(20)3/h5-10,17H,11-12H2,1-4H3,(H,22,25)/t17-/m1/s1. The van der Waals surface area contributed by atoms with Gasteiger partial charge in [0.05, 0.1) is 5.92 Å². The van der Waals surface area contributed by atoms with Crippen molar-refractivity contribution in [3.63, 3.8) is 0 Å². The molecule has 4 heteroatoms. The molecule has 25 heavy (non-hydrogen) atoms. The highest BCUT2D eigenvalue weighted by atomic mass is 16.2. The molecule has 130 valence electrons. The topological polar surface area (TPSA) is 49.4 Å². The largest absolute Gasteiger partial charge is 0.325 e. The molecule has 1 aliphatic rings. The Morgan fingerprint density at radius 1 is 1.00 bits per heavy atom. The normalized spacial score (nSPS) is 17.0. The lowest BCUT2D eigenvalue weighted by molar-refractivity contribution is -0.122. The van der Waals surface area contributed by atoms with Crippen LogP contribution in [0.2, 0.25) is 0 Å². The van der Waals surface area contributed by atoms with E-state index in [1.165, 1.54) is 0 Å². The second-order valence-electron chi connectivity index (χ2n) is 6.88. The molecule has 0 bridgehead atoms. The molecule has 2 aromatic rings. The summed E-state index contributed by atoms with van der Waals surface area (Å²) in [7, 11) is 0. The first-order chi connectivity index (χ1) is 11.9. The van der Waals surface area contributed by atoms with Crippen molar-refractivity contribution in [2.75, 3.05) is 16.8 Å². The van der Waals surface area contributed by atoms with Gasteiger partial charge in [-0.05, 0) is 56.0 Å². The minimum absolute atomic E-state index is 0.00959. The van der Waals surface area contributed by atoms with E-state index < -0.39 is 0 Å². The van der Waals surface area contributed by atoms with Crippen LogP contribution in [0.1, 0.15) is 28.7 Å². The smallest absolute Gasteiger partial charge is 0.229 e. The third kappa shape index (κ3) is 3.29. The fraction of sp³-hybridized carbons (Fsp3) is 0.333. The van der Waals surface area contributed by atoms with Gasteiger partial charge in [-0.15, -0.1) is 0 Å². The summed E-state index contributed by atoms with van der Waals surface area (Å²) in [6.45, 7) is 8.43. The second kappa shape index (κ2) is 6.71. The molecule has 1 atom stereocenters. The number of carbonyl (C=O) groups is 2. The summed E-state index contributed by atoms with van der Waals surface area (Å²) in [6, 6.07) is 11.9. The molecule has 1 fully saturated rings. The van der Waals surface area contributed by atoms with Crippen molar-refractivity contribution >= 4 is 23.2 Å². The summed E-state index contributed by atoms with van der Waals surface area (Å²) in [6.07, 6.45) is 0.254. The summed E-state index contributed by atoms with van der Waals surface area (Å²) in [5, 5.41) is 3.02. The lowest BCUT2D eigenvalue weighted by Crippen LogP contribution is -2.29. The van der Waals surface area contributed by atoms with Gasteiger partial charge in [0.1, 0.15) is 0 Å². The van der Waals surface area contributed by atoms with Gasteiger partial charge in [-0.1, -0.05) is 30.3 Å². The monoisotopic (exact) mass is 336 g/mol. The highest BCUT2D eigenvalue weighted by molar-refractivity contribution is 6.04. The maximum absolute atomic E-state index is 12.7. The van der Waals surface area contributed by atoms with Crippen molar-refractivity contribution < 1.29 is 9.59 Å². The van der Waals surface area contributed by atoms with Gasteiger partial charge < -0.3 is 10.2 Å². The zero-order valence-corrected chi connectivity index (χ0v) is 15.2. The molecule has 0 radical (unpaired) electrons. The molecule has 2 amide bonds. The number of anilines is 2. The van der Waals surface area contributed by atoms with Crippen LogP contribution in [0.4, 0.5) is 11.4 Å². The Hall–Kier alpha value is -2.62. The van der Waals surface area contributed by atoms with E-state index in [0.717, 1.165) is 33.6 Å². The van der Waals surface area contributed by atoms with Gasteiger partial charge >= 0.3 is 0 Å². The van der Waals surface area contributed by atoms with Crippen molar-refractivity contribution in [1.82, 2.24) is 0 Å². The SMILES string of the molecule is Cc1cccc(N2C[C@H](C(=O)Nc3c(C)cccc3C)CC2=O)c1C. The molecule has 0 spiro atoms. The van der Waals surface area contributed by atoms with Crippen molar-refractivity contribution in [2.24, 2.45) is 5.92 Å². The number of hydrogen-bond donors (Lipinski definition) is 1. The van der Waals surface area contributed by atoms with Crippen LogP contribution in [0.3, 0.4) is 0 Å². The molecule has 0 unspecified atom stereocenters. The molecule has 0 saturated carbocycles. The van der Waals surface area contributed by atoms with E-state index in [2.05, 4.69) is 5.32 Å². The number of para-hydroxylation sites is 1. The molecule has 0 aromatic heterocycles. The summed E-state index contributed by atoms with van der Waals surface area (Å²) in [5.41, 5.74) is 6.06. The van der Waals surface area contributed by atoms with Crippen LogP contribution in [0.5, 0.6) is 0 Å². The molecule has 1 heterocycles. The maximum Gasteiger partial charge on any atom is 0.229 e. The van der Waals surface area contributed by atoms with E-state index in [0.29, 0.717) is 6.54 Å². The van der Waals surface area contributed by atoms with Gasteiger partial charge in [-0.3, -0.25) is 9.59 Å². The van der Waals surface area contributed by atoms with Crippen molar-refractivity contribution in [3.8, 4) is 0 Å². The van der Waals surface area contributed by atoms with Gasteiger partial charge in [0.2, 0.25) is 11.8 Å². The lowest BCUT2D eigenvalue weighted by atomic mass is 10.1. The van der Waals surface area contributed by atoms with Crippen LogP contribution in [-0.2, 0) is 9.59 Å². The number of rotatable bonds is 3. The number of hydrogen-bond acceptors (Lipinski definition) is 2. The maximum atomic E-state index is 12.7. The minimum Gasteiger partial charge on any atom is -0.325 e. The summed E-state index contributed by atoms with van der Waals surface area (Å²) in [5.74, 6) is -0.402. The third-order valence-electron chi connectivity index (χ3n) is 5.09. The van der Waals surface area contributed by atoms with Gasteiger partial charge in [0, 0.05) is 24.3 Å².